The molecule has 0 spiro atoms. The van der Waals surface area contributed by atoms with Crippen molar-refractivity contribution >= 4 is 16.3 Å². The highest BCUT2D eigenvalue weighted by Crippen LogP contribution is 2.40. The average Bonchev–Trinajstić information content (AvgIpc) is 2.72. The average molecular weight is 223 g/mol. The first-order valence-corrected chi connectivity index (χ1v) is 6.05. The van der Waals surface area contributed by atoms with Crippen LogP contribution in [0, 0.1) is 0 Å². The van der Waals surface area contributed by atoms with Crippen LogP contribution in [-0.4, -0.2) is 19.8 Å². The minimum absolute atomic E-state index is 0.184. The van der Waals surface area contributed by atoms with E-state index in [2.05, 4.69) is 22.2 Å². The minimum atomic E-state index is -0.184. The van der Waals surface area contributed by atoms with Crippen LogP contribution in [0.5, 0.6) is 0 Å². The third-order valence-electron chi connectivity index (χ3n) is 3.04. The van der Waals surface area contributed by atoms with E-state index in [4.69, 9.17) is 5.73 Å². The van der Waals surface area contributed by atoms with E-state index in [1.165, 1.54) is 6.42 Å². The Labute approximate surface area is 91.3 Å². The third kappa shape index (κ3) is 1.21. The van der Waals surface area contributed by atoms with Crippen molar-refractivity contribution in [1.29, 1.82) is 0 Å². The van der Waals surface area contributed by atoms with E-state index in [-0.39, 0.29) is 5.54 Å². The second kappa shape index (κ2) is 2.99. The van der Waals surface area contributed by atoms with Gasteiger partial charge in [-0.1, -0.05) is 18.3 Å². The molecule has 2 aromatic rings. The lowest BCUT2D eigenvalue weighted by molar-refractivity contribution is 0.250. The van der Waals surface area contributed by atoms with Gasteiger partial charge in [0, 0.05) is 6.42 Å². The van der Waals surface area contributed by atoms with Gasteiger partial charge in [-0.25, -0.2) is 0 Å². The fraction of sp³-hybridized carbons (Fsp3) is 0.667. The van der Waals surface area contributed by atoms with Crippen LogP contribution < -0.4 is 5.73 Å². The van der Waals surface area contributed by atoms with Crippen molar-refractivity contribution in [3.8, 4) is 0 Å². The zero-order valence-corrected chi connectivity index (χ0v) is 9.42. The lowest BCUT2D eigenvalue weighted by atomic mass is 9.78. The number of nitrogens with zero attached hydrogens (tertiary/aromatic N) is 4. The maximum Gasteiger partial charge on any atom is 0.234 e. The van der Waals surface area contributed by atoms with Crippen LogP contribution in [0.25, 0.3) is 4.96 Å². The molecule has 0 radical (unpaired) electrons. The van der Waals surface area contributed by atoms with Crippen molar-refractivity contribution in [2.75, 3.05) is 0 Å². The molecule has 2 heterocycles. The highest BCUT2D eigenvalue weighted by Gasteiger charge is 2.38. The molecule has 15 heavy (non-hydrogen) atoms. The van der Waals surface area contributed by atoms with Crippen molar-refractivity contribution in [2.45, 2.75) is 38.1 Å². The Balaban J connectivity index is 2.10. The highest BCUT2D eigenvalue weighted by atomic mass is 32.1. The molecular weight excluding hydrogens is 210 g/mol. The van der Waals surface area contributed by atoms with Gasteiger partial charge in [0.15, 0.2) is 5.82 Å². The summed E-state index contributed by atoms with van der Waals surface area (Å²) in [5.74, 6) is 0.912. The second-order valence-corrected chi connectivity index (χ2v) is 5.04. The minimum Gasteiger partial charge on any atom is -0.319 e. The third-order valence-corrected chi connectivity index (χ3v) is 4.16. The van der Waals surface area contributed by atoms with Gasteiger partial charge in [-0.05, 0) is 19.3 Å². The fourth-order valence-corrected chi connectivity index (χ4v) is 2.87. The number of fused-ring (bicyclic) bond motifs is 1. The van der Waals surface area contributed by atoms with Crippen molar-refractivity contribution in [2.24, 2.45) is 5.73 Å². The van der Waals surface area contributed by atoms with Crippen LogP contribution >= 0.6 is 11.3 Å². The fourth-order valence-electron chi connectivity index (χ4n) is 1.85. The molecule has 0 unspecified atom stereocenters. The number of hydrogen-bond acceptors (Lipinski definition) is 5. The summed E-state index contributed by atoms with van der Waals surface area (Å²) in [4.78, 5) is 0.860. The summed E-state index contributed by atoms with van der Waals surface area (Å²) >= 11 is 1.57. The van der Waals surface area contributed by atoms with Gasteiger partial charge in [0.05, 0.1) is 5.54 Å². The van der Waals surface area contributed by atoms with Gasteiger partial charge in [0.2, 0.25) is 4.96 Å². The maximum absolute atomic E-state index is 6.23. The molecule has 1 aliphatic carbocycles. The van der Waals surface area contributed by atoms with Gasteiger partial charge in [0.1, 0.15) is 5.01 Å². The van der Waals surface area contributed by atoms with Crippen molar-refractivity contribution < 1.29 is 0 Å². The highest BCUT2D eigenvalue weighted by molar-refractivity contribution is 7.16. The van der Waals surface area contributed by atoms with E-state index >= 15 is 0 Å². The summed E-state index contributed by atoms with van der Waals surface area (Å²) in [6, 6.07) is 0. The number of hydrogen-bond donors (Lipinski definition) is 1. The maximum atomic E-state index is 6.23. The largest absolute Gasteiger partial charge is 0.319 e. The molecule has 1 saturated carbocycles. The molecule has 0 saturated heterocycles. The summed E-state index contributed by atoms with van der Waals surface area (Å²) in [5.41, 5.74) is 6.04. The lowest BCUT2D eigenvalue weighted by Gasteiger charge is -2.35. The van der Waals surface area contributed by atoms with E-state index in [0.717, 1.165) is 35.1 Å². The number of aryl methyl sites for hydroxylation is 1. The van der Waals surface area contributed by atoms with Crippen LogP contribution in [0.4, 0.5) is 0 Å². The van der Waals surface area contributed by atoms with Gasteiger partial charge in [-0.3, -0.25) is 0 Å². The van der Waals surface area contributed by atoms with E-state index < -0.39 is 0 Å². The molecule has 80 valence electrons. The molecule has 6 heteroatoms. The smallest absolute Gasteiger partial charge is 0.234 e. The standard InChI is InChI=1S/C9H13N5S/c1-2-6-11-12-8-14(6)13-7(15-8)9(10)4-3-5-9/h2-5,10H2,1H3. The molecule has 3 rings (SSSR count). The summed E-state index contributed by atoms with van der Waals surface area (Å²) < 4.78 is 1.83. The van der Waals surface area contributed by atoms with Gasteiger partial charge in [-0.2, -0.15) is 9.61 Å². The Morgan fingerprint density at radius 3 is 2.87 bits per heavy atom. The van der Waals surface area contributed by atoms with E-state index in [1.54, 1.807) is 11.3 Å². The molecule has 0 aliphatic heterocycles. The summed E-state index contributed by atoms with van der Waals surface area (Å²) in [7, 11) is 0. The van der Waals surface area contributed by atoms with Crippen molar-refractivity contribution in [3.63, 3.8) is 0 Å². The van der Waals surface area contributed by atoms with E-state index in [1.807, 2.05) is 4.52 Å². The first kappa shape index (κ1) is 9.23. The number of nitrogens with two attached hydrogens (primary N) is 1. The number of rotatable bonds is 2. The Bertz CT molecular complexity index is 496. The Morgan fingerprint density at radius 1 is 1.47 bits per heavy atom. The Kier molecular flexibility index (Phi) is 1.84. The Hall–Kier alpha value is -1.01. The number of aromatic nitrogens is 4. The second-order valence-electron chi connectivity index (χ2n) is 4.08. The van der Waals surface area contributed by atoms with Crippen LogP contribution in [-0.2, 0) is 12.0 Å². The topological polar surface area (TPSA) is 69.1 Å². The lowest BCUT2D eigenvalue weighted by Crippen LogP contribution is -2.43. The Morgan fingerprint density at radius 2 is 2.27 bits per heavy atom. The van der Waals surface area contributed by atoms with Crippen LogP contribution in [0.1, 0.15) is 37.0 Å². The van der Waals surface area contributed by atoms with Gasteiger partial charge < -0.3 is 5.73 Å². The molecule has 2 aromatic heterocycles. The zero-order valence-electron chi connectivity index (χ0n) is 8.60. The molecular formula is C9H13N5S. The molecule has 0 aromatic carbocycles. The van der Waals surface area contributed by atoms with Crippen LogP contribution in [0.2, 0.25) is 0 Å². The summed E-state index contributed by atoms with van der Waals surface area (Å²) in [5, 5.41) is 13.7. The zero-order chi connectivity index (χ0) is 10.5. The molecule has 1 aliphatic rings. The van der Waals surface area contributed by atoms with Gasteiger partial charge in [-0.15, -0.1) is 10.2 Å². The molecule has 0 atom stereocenters. The molecule has 5 nitrogen and oxygen atoms in total. The molecule has 1 fully saturated rings. The predicted octanol–water partition coefficient (Wildman–Crippen LogP) is 1.09. The van der Waals surface area contributed by atoms with E-state index in [0.29, 0.717) is 0 Å². The van der Waals surface area contributed by atoms with Crippen molar-refractivity contribution in [3.05, 3.63) is 10.8 Å². The SMILES string of the molecule is CCc1nnc2sc(C3(N)CCC3)nn12. The first-order valence-electron chi connectivity index (χ1n) is 5.23. The first-order chi connectivity index (χ1) is 7.23. The molecule has 0 amide bonds. The monoisotopic (exact) mass is 223 g/mol. The van der Waals surface area contributed by atoms with Gasteiger partial charge >= 0.3 is 0 Å². The molecule has 0 bridgehead atoms. The molecule has 2 N–H and O–H groups in total. The van der Waals surface area contributed by atoms with Crippen molar-refractivity contribution in [1.82, 2.24) is 19.8 Å². The van der Waals surface area contributed by atoms with Crippen LogP contribution in [0.15, 0.2) is 0 Å². The van der Waals surface area contributed by atoms with Crippen LogP contribution in [0.3, 0.4) is 0 Å². The normalized spacial score (nSPS) is 19.3. The predicted molar refractivity (Wildman–Crippen MR) is 57.8 cm³/mol. The van der Waals surface area contributed by atoms with Gasteiger partial charge in [0.25, 0.3) is 0 Å². The van der Waals surface area contributed by atoms with E-state index in [9.17, 15) is 0 Å². The quantitative estimate of drug-likeness (QED) is 0.827. The summed E-state index contributed by atoms with van der Waals surface area (Å²) in [6.07, 6.45) is 4.14. The summed E-state index contributed by atoms with van der Waals surface area (Å²) in [6.45, 7) is 2.05.